The molecule has 0 bridgehead atoms. The number of halogens is 1. The molecule has 1 saturated heterocycles. The number of nitrogens with zero attached hydrogens (tertiary/aromatic N) is 7. The molecule has 5 rings (SSSR count). The van der Waals surface area contributed by atoms with Crippen LogP contribution in [0.3, 0.4) is 0 Å². The van der Waals surface area contributed by atoms with Gasteiger partial charge in [-0.1, -0.05) is 11.6 Å². The summed E-state index contributed by atoms with van der Waals surface area (Å²) < 4.78 is 3.94. The van der Waals surface area contributed by atoms with Crippen molar-refractivity contribution in [2.45, 2.75) is 32.9 Å². The monoisotopic (exact) mass is 478 g/mol. The Kier molecular flexibility index (Phi) is 6.06. The molecule has 1 fully saturated rings. The third-order valence-electron chi connectivity index (χ3n) is 6.92. The van der Waals surface area contributed by atoms with Gasteiger partial charge in [0.25, 0.3) is 0 Å². The average molecular weight is 479 g/mol. The van der Waals surface area contributed by atoms with Crippen molar-refractivity contribution in [1.82, 2.24) is 34.1 Å². The Morgan fingerprint density at radius 3 is 2.79 bits per heavy atom. The molecule has 34 heavy (non-hydrogen) atoms. The second kappa shape index (κ2) is 9.02. The number of fused-ring (bicyclic) bond motifs is 1. The topological polar surface area (TPSA) is 67.0 Å². The van der Waals surface area contributed by atoms with E-state index in [1.807, 2.05) is 36.9 Å². The smallest absolute Gasteiger partial charge is 0.229 e. The first-order chi connectivity index (χ1) is 16.3. The van der Waals surface area contributed by atoms with Gasteiger partial charge in [0, 0.05) is 79.0 Å². The number of hydrogen-bond donors (Lipinski definition) is 1. The fraction of sp³-hybridized carbons (Fsp3) is 0.400. The largest absolute Gasteiger partial charge is 0.346 e. The van der Waals surface area contributed by atoms with Gasteiger partial charge in [-0.05, 0) is 52.6 Å². The molecule has 3 aromatic heterocycles. The van der Waals surface area contributed by atoms with E-state index >= 15 is 0 Å². The number of aryl methyl sites for hydroxylation is 2. The van der Waals surface area contributed by atoms with Crippen molar-refractivity contribution >= 4 is 34.1 Å². The van der Waals surface area contributed by atoms with Gasteiger partial charge >= 0.3 is 0 Å². The number of likely N-dealkylation sites (N-methyl/N-ethyl adjacent to an activating group) is 1. The van der Waals surface area contributed by atoms with Crippen molar-refractivity contribution in [1.29, 1.82) is 0 Å². The molecule has 1 aromatic carbocycles. The zero-order chi connectivity index (χ0) is 24.0. The first-order valence-corrected chi connectivity index (χ1v) is 12.0. The second-order valence-corrected chi connectivity index (χ2v) is 9.76. The van der Waals surface area contributed by atoms with Crippen molar-refractivity contribution in [3.05, 3.63) is 58.6 Å². The van der Waals surface area contributed by atoms with Gasteiger partial charge in [-0.3, -0.25) is 4.90 Å². The lowest BCUT2D eigenvalue weighted by molar-refractivity contribution is 0.264. The number of benzene rings is 1. The van der Waals surface area contributed by atoms with Crippen LogP contribution in [0.2, 0.25) is 5.02 Å². The third kappa shape index (κ3) is 4.29. The standard InChI is InChI=1S/C25H31ClN8/c1-16-18(13-33-11-9-20(15-33)31(3)4)14-34(30-16)23-8-10-27-25(29-23)28-19-6-7-22-21(12-19)24(26)17(2)32(22)5/h6-8,10,12,14,20H,9,11,13,15H2,1-5H3,(H,27,28,29). The van der Waals surface area contributed by atoms with E-state index in [0.717, 1.165) is 58.5 Å². The molecule has 0 radical (unpaired) electrons. The highest BCUT2D eigenvalue weighted by Gasteiger charge is 2.24. The van der Waals surface area contributed by atoms with Crippen LogP contribution in [-0.4, -0.2) is 67.3 Å². The number of anilines is 2. The molecule has 4 aromatic rings. The van der Waals surface area contributed by atoms with Crippen LogP contribution in [0.5, 0.6) is 0 Å². The molecule has 9 heteroatoms. The van der Waals surface area contributed by atoms with Gasteiger partial charge in [0.1, 0.15) is 0 Å². The summed E-state index contributed by atoms with van der Waals surface area (Å²) in [6.07, 6.45) is 5.05. The SMILES string of the molecule is Cc1nn(-c2ccnc(Nc3ccc4c(c3)c(Cl)c(C)n4C)n2)cc1CN1CCC(N(C)C)C1. The number of nitrogens with one attached hydrogen (secondary N) is 1. The van der Waals surface area contributed by atoms with Gasteiger partial charge in [-0.15, -0.1) is 0 Å². The van der Waals surface area contributed by atoms with E-state index in [9.17, 15) is 0 Å². The van der Waals surface area contributed by atoms with Crippen LogP contribution in [0.25, 0.3) is 16.7 Å². The van der Waals surface area contributed by atoms with Crippen LogP contribution in [0, 0.1) is 13.8 Å². The van der Waals surface area contributed by atoms with Crippen molar-refractivity contribution < 1.29 is 0 Å². The lowest BCUT2D eigenvalue weighted by atomic mass is 10.2. The Labute approximate surface area is 205 Å². The lowest BCUT2D eigenvalue weighted by Gasteiger charge is -2.20. The van der Waals surface area contributed by atoms with E-state index in [0.29, 0.717) is 12.0 Å². The third-order valence-corrected chi connectivity index (χ3v) is 7.40. The molecular formula is C25H31ClN8. The van der Waals surface area contributed by atoms with Crippen molar-refractivity contribution in [3.8, 4) is 5.82 Å². The minimum atomic E-state index is 0.517. The minimum absolute atomic E-state index is 0.517. The van der Waals surface area contributed by atoms with Crippen LogP contribution < -0.4 is 5.32 Å². The fourth-order valence-electron chi connectivity index (χ4n) is 4.66. The number of likely N-dealkylation sites (tertiary alicyclic amines) is 1. The summed E-state index contributed by atoms with van der Waals surface area (Å²) in [6, 6.07) is 8.61. The van der Waals surface area contributed by atoms with Gasteiger partial charge in [0.15, 0.2) is 5.82 Å². The average Bonchev–Trinajstić information content (AvgIpc) is 3.49. The highest BCUT2D eigenvalue weighted by atomic mass is 35.5. The molecular weight excluding hydrogens is 448 g/mol. The first-order valence-electron chi connectivity index (χ1n) is 11.6. The highest BCUT2D eigenvalue weighted by molar-refractivity contribution is 6.36. The molecule has 178 valence electrons. The maximum Gasteiger partial charge on any atom is 0.229 e. The lowest BCUT2D eigenvalue weighted by Crippen LogP contribution is -2.31. The summed E-state index contributed by atoms with van der Waals surface area (Å²) in [5, 5.41) is 9.82. The number of aromatic nitrogens is 5. The van der Waals surface area contributed by atoms with Crippen LogP contribution in [0.4, 0.5) is 11.6 Å². The van der Waals surface area contributed by atoms with Crippen LogP contribution >= 0.6 is 11.6 Å². The maximum absolute atomic E-state index is 6.53. The molecule has 1 N–H and O–H groups in total. The second-order valence-electron chi connectivity index (χ2n) is 9.38. The summed E-state index contributed by atoms with van der Waals surface area (Å²) in [4.78, 5) is 13.9. The predicted octanol–water partition coefficient (Wildman–Crippen LogP) is 4.30. The fourth-order valence-corrected chi connectivity index (χ4v) is 4.94. The van der Waals surface area contributed by atoms with E-state index in [4.69, 9.17) is 21.7 Å². The number of hydrogen-bond acceptors (Lipinski definition) is 6. The maximum atomic E-state index is 6.53. The molecule has 0 spiro atoms. The van der Waals surface area contributed by atoms with Crippen LogP contribution in [0.15, 0.2) is 36.7 Å². The van der Waals surface area contributed by atoms with Crippen LogP contribution in [0.1, 0.15) is 23.4 Å². The van der Waals surface area contributed by atoms with E-state index in [1.165, 1.54) is 12.0 Å². The Balaban J connectivity index is 1.34. The first kappa shape index (κ1) is 22.8. The predicted molar refractivity (Wildman–Crippen MR) is 137 cm³/mol. The van der Waals surface area contributed by atoms with E-state index < -0.39 is 0 Å². The zero-order valence-corrected chi connectivity index (χ0v) is 21.1. The quantitative estimate of drug-likeness (QED) is 0.445. The summed E-state index contributed by atoms with van der Waals surface area (Å²) in [6.45, 7) is 7.20. The molecule has 0 aliphatic carbocycles. The van der Waals surface area contributed by atoms with E-state index in [2.05, 4.69) is 57.9 Å². The van der Waals surface area contributed by atoms with Crippen molar-refractivity contribution in [2.75, 3.05) is 32.5 Å². The molecule has 1 aliphatic rings. The van der Waals surface area contributed by atoms with Gasteiger partial charge in [0.05, 0.1) is 10.7 Å². The van der Waals surface area contributed by atoms with E-state index in [1.54, 1.807) is 6.20 Å². The molecule has 0 saturated carbocycles. The molecule has 8 nitrogen and oxygen atoms in total. The molecule has 0 amide bonds. The summed E-state index contributed by atoms with van der Waals surface area (Å²) >= 11 is 6.53. The van der Waals surface area contributed by atoms with E-state index in [-0.39, 0.29) is 0 Å². The molecule has 1 atom stereocenters. The van der Waals surface area contributed by atoms with Crippen LogP contribution in [-0.2, 0) is 13.6 Å². The van der Waals surface area contributed by atoms with Gasteiger partial charge in [0.2, 0.25) is 5.95 Å². The minimum Gasteiger partial charge on any atom is -0.346 e. The Bertz CT molecular complexity index is 1340. The molecule has 1 aliphatic heterocycles. The highest BCUT2D eigenvalue weighted by Crippen LogP contribution is 2.32. The summed E-state index contributed by atoms with van der Waals surface area (Å²) in [5.41, 5.74) is 5.28. The van der Waals surface area contributed by atoms with Gasteiger partial charge in [-0.2, -0.15) is 10.1 Å². The van der Waals surface area contributed by atoms with Gasteiger partial charge < -0.3 is 14.8 Å². The number of rotatable bonds is 6. The Hall–Kier alpha value is -2.94. The Morgan fingerprint density at radius 2 is 2.03 bits per heavy atom. The molecule has 4 heterocycles. The van der Waals surface area contributed by atoms with Crippen molar-refractivity contribution in [2.24, 2.45) is 7.05 Å². The van der Waals surface area contributed by atoms with Gasteiger partial charge in [-0.25, -0.2) is 9.67 Å². The summed E-state index contributed by atoms with van der Waals surface area (Å²) in [5.74, 6) is 1.25. The summed E-state index contributed by atoms with van der Waals surface area (Å²) in [7, 11) is 6.34. The zero-order valence-electron chi connectivity index (χ0n) is 20.4. The van der Waals surface area contributed by atoms with Crippen molar-refractivity contribution in [3.63, 3.8) is 0 Å². The normalized spacial score (nSPS) is 16.7. The Morgan fingerprint density at radius 1 is 1.21 bits per heavy atom. The molecule has 1 unspecified atom stereocenters.